The normalized spacial score (nSPS) is 12.5. The van der Waals surface area contributed by atoms with Crippen molar-refractivity contribution in [2.75, 3.05) is 12.1 Å². The van der Waals surface area contributed by atoms with Crippen LogP contribution in [-0.2, 0) is 6.54 Å². The van der Waals surface area contributed by atoms with Crippen molar-refractivity contribution >= 4 is 5.69 Å². The van der Waals surface area contributed by atoms with E-state index in [0.29, 0.717) is 6.79 Å². The third-order valence-electron chi connectivity index (χ3n) is 3.01. The summed E-state index contributed by atoms with van der Waals surface area (Å²) in [6, 6.07) is 14.3. The fourth-order valence-corrected chi connectivity index (χ4v) is 2.00. The summed E-state index contributed by atoms with van der Waals surface area (Å²) < 4.78 is 10.8. The molecule has 92 valence electrons. The highest BCUT2D eigenvalue weighted by atomic mass is 16.7. The Morgan fingerprint density at radius 1 is 1.06 bits per heavy atom. The second-order valence-electron chi connectivity index (χ2n) is 4.37. The van der Waals surface area contributed by atoms with Crippen LogP contribution in [0.3, 0.4) is 0 Å². The molecule has 0 aromatic heterocycles. The molecule has 0 fully saturated rings. The lowest BCUT2D eigenvalue weighted by atomic mass is 10.1. The van der Waals surface area contributed by atoms with E-state index in [0.717, 1.165) is 29.3 Å². The van der Waals surface area contributed by atoms with Gasteiger partial charge in [0.2, 0.25) is 6.79 Å². The van der Waals surface area contributed by atoms with E-state index in [1.54, 1.807) is 0 Å². The fraction of sp³-hybridized carbons (Fsp3) is 0.200. The van der Waals surface area contributed by atoms with Crippen LogP contribution in [-0.4, -0.2) is 6.79 Å². The van der Waals surface area contributed by atoms with E-state index in [1.165, 1.54) is 5.56 Å². The average molecular weight is 241 g/mol. The lowest BCUT2D eigenvalue weighted by Crippen LogP contribution is -2.01. The molecule has 0 saturated carbocycles. The standard InChI is InChI=1S/C15H15NO2/c1-11-5-7-13(8-6-11)16-9-12-3-2-4-14-15(12)18-10-17-14/h2-8,16H,9-10H2,1H3. The smallest absolute Gasteiger partial charge is 0.231 e. The van der Waals surface area contributed by atoms with E-state index in [4.69, 9.17) is 9.47 Å². The molecule has 3 rings (SSSR count). The van der Waals surface area contributed by atoms with Crippen LogP contribution in [0, 0.1) is 6.92 Å². The molecule has 0 radical (unpaired) electrons. The summed E-state index contributed by atoms with van der Waals surface area (Å²) >= 11 is 0. The van der Waals surface area contributed by atoms with Crippen LogP contribution in [0.15, 0.2) is 42.5 Å². The van der Waals surface area contributed by atoms with E-state index in [-0.39, 0.29) is 0 Å². The predicted molar refractivity (Wildman–Crippen MR) is 71.1 cm³/mol. The van der Waals surface area contributed by atoms with Crippen molar-refractivity contribution in [3.63, 3.8) is 0 Å². The average Bonchev–Trinajstić information content (AvgIpc) is 2.87. The van der Waals surface area contributed by atoms with Crippen LogP contribution in [0.25, 0.3) is 0 Å². The molecule has 0 unspecified atom stereocenters. The maximum atomic E-state index is 5.47. The Kier molecular flexibility index (Phi) is 2.81. The largest absolute Gasteiger partial charge is 0.454 e. The molecule has 0 spiro atoms. The monoisotopic (exact) mass is 241 g/mol. The molecule has 1 aliphatic rings. The summed E-state index contributed by atoms with van der Waals surface area (Å²) in [5, 5.41) is 3.38. The zero-order valence-electron chi connectivity index (χ0n) is 10.3. The lowest BCUT2D eigenvalue weighted by Gasteiger charge is -2.09. The maximum Gasteiger partial charge on any atom is 0.231 e. The molecule has 2 aromatic carbocycles. The molecule has 18 heavy (non-hydrogen) atoms. The van der Waals surface area contributed by atoms with E-state index >= 15 is 0 Å². The number of benzene rings is 2. The van der Waals surface area contributed by atoms with Gasteiger partial charge in [0.15, 0.2) is 11.5 Å². The molecule has 0 saturated heterocycles. The van der Waals surface area contributed by atoms with Gasteiger partial charge in [0, 0.05) is 17.8 Å². The van der Waals surface area contributed by atoms with Gasteiger partial charge < -0.3 is 14.8 Å². The van der Waals surface area contributed by atoms with Gasteiger partial charge in [-0.1, -0.05) is 29.8 Å². The number of para-hydroxylation sites is 1. The molecule has 0 aliphatic carbocycles. The molecule has 1 N–H and O–H groups in total. The van der Waals surface area contributed by atoms with Gasteiger partial charge in [-0.05, 0) is 25.1 Å². The number of ether oxygens (including phenoxy) is 2. The molecular weight excluding hydrogens is 226 g/mol. The highest BCUT2D eigenvalue weighted by molar-refractivity contribution is 5.51. The Balaban J connectivity index is 1.74. The Morgan fingerprint density at radius 2 is 1.89 bits per heavy atom. The SMILES string of the molecule is Cc1ccc(NCc2cccc3c2OCO3)cc1. The molecule has 0 bridgehead atoms. The number of anilines is 1. The number of aryl methyl sites for hydroxylation is 1. The van der Waals surface area contributed by atoms with Crippen LogP contribution in [0.4, 0.5) is 5.69 Å². The summed E-state index contributed by atoms with van der Waals surface area (Å²) in [6.07, 6.45) is 0. The van der Waals surface area contributed by atoms with Crippen LogP contribution in [0.1, 0.15) is 11.1 Å². The molecule has 1 aliphatic heterocycles. The van der Waals surface area contributed by atoms with Crippen LogP contribution in [0.5, 0.6) is 11.5 Å². The van der Waals surface area contributed by atoms with Gasteiger partial charge in [-0.25, -0.2) is 0 Å². The summed E-state index contributed by atoms with van der Waals surface area (Å²) in [5.74, 6) is 1.69. The zero-order chi connectivity index (χ0) is 12.4. The van der Waals surface area contributed by atoms with Gasteiger partial charge in [-0.3, -0.25) is 0 Å². The molecule has 0 atom stereocenters. The third kappa shape index (κ3) is 2.12. The third-order valence-corrected chi connectivity index (χ3v) is 3.01. The maximum absolute atomic E-state index is 5.47. The molecule has 3 heteroatoms. The highest BCUT2D eigenvalue weighted by Gasteiger charge is 2.16. The summed E-state index contributed by atoms with van der Waals surface area (Å²) in [7, 11) is 0. The van der Waals surface area contributed by atoms with Crippen molar-refractivity contribution in [1.29, 1.82) is 0 Å². The van der Waals surface area contributed by atoms with Gasteiger partial charge in [0.1, 0.15) is 0 Å². The zero-order valence-corrected chi connectivity index (χ0v) is 10.3. The predicted octanol–water partition coefficient (Wildman–Crippen LogP) is 3.34. The first-order valence-corrected chi connectivity index (χ1v) is 6.01. The Hall–Kier alpha value is -2.16. The van der Waals surface area contributed by atoms with Gasteiger partial charge >= 0.3 is 0 Å². The molecule has 0 amide bonds. The van der Waals surface area contributed by atoms with E-state index in [9.17, 15) is 0 Å². The second-order valence-corrected chi connectivity index (χ2v) is 4.37. The highest BCUT2D eigenvalue weighted by Crippen LogP contribution is 2.35. The number of nitrogens with one attached hydrogen (secondary N) is 1. The number of hydrogen-bond acceptors (Lipinski definition) is 3. The summed E-state index contributed by atoms with van der Waals surface area (Å²) in [4.78, 5) is 0. The molecular formula is C15H15NO2. The van der Waals surface area contributed by atoms with Gasteiger partial charge in [-0.2, -0.15) is 0 Å². The van der Waals surface area contributed by atoms with E-state index in [1.807, 2.05) is 12.1 Å². The number of hydrogen-bond donors (Lipinski definition) is 1. The first-order valence-electron chi connectivity index (χ1n) is 6.01. The Morgan fingerprint density at radius 3 is 2.72 bits per heavy atom. The lowest BCUT2D eigenvalue weighted by molar-refractivity contribution is 0.173. The fourth-order valence-electron chi connectivity index (χ4n) is 2.00. The summed E-state index contributed by atoms with van der Waals surface area (Å²) in [5.41, 5.74) is 3.49. The minimum Gasteiger partial charge on any atom is -0.454 e. The molecule has 2 aromatic rings. The quantitative estimate of drug-likeness (QED) is 0.894. The number of fused-ring (bicyclic) bond motifs is 1. The first kappa shape index (κ1) is 11.0. The second kappa shape index (κ2) is 4.61. The van der Waals surface area contributed by atoms with Gasteiger partial charge in [0.25, 0.3) is 0 Å². The van der Waals surface area contributed by atoms with Gasteiger partial charge in [-0.15, -0.1) is 0 Å². The van der Waals surface area contributed by atoms with Crippen molar-refractivity contribution in [3.8, 4) is 11.5 Å². The van der Waals surface area contributed by atoms with Crippen molar-refractivity contribution in [2.24, 2.45) is 0 Å². The Bertz CT molecular complexity index is 549. The Labute approximate surface area is 106 Å². The topological polar surface area (TPSA) is 30.5 Å². The van der Waals surface area contributed by atoms with E-state index < -0.39 is 0 Å². The minimum absolute atomic E-state index is 0.316. The van der Waals surface area contributed by atoms with Crippen molar-refractivity contribution in [1.82, 2.24) is 0 Å². The van der Waals surface area contributed by atoms with Crippen LogP contribution < -0.4 is 14.8 Å². The molecule has 1 heterocycles. The number of rotatable bonds is 3. The van der Waals surface area contributed by atoms with Gasteiger partial charge in [0.05, 0.1) is 0 Å². The van der Waals surface area contributed by atoms with E-state index in [2.05, 4.69) is 42.6 Å². The van der Waals surface area contributed by atoms with Crippen molar-refractivity contribution in [2.45, 2.75) is 13.5 Å². The minimum atomic E-state index is 0.316. The molecule has 3 nitrogen and oxygen atoms in total. The van der Waals surface area contributed by atoms with Crippen molar-refractivity contribution < 1.29 is 9.47 Å². The summed E-state index contributed by atoms with van der Waals surface area (Å²) in [6.45, 7) is 3.13. The van der Waals surface area contributed by atoms with Crippen molar-refractivity contribution in [3.05, 3.63) is 53.6 Å². The van der Waals surface area contributed by atoms with Crippen LogP contribution >= 0.6 is 0 Å². The first-order chi connectivity index (χ1) is 8.83. The van der Waals surface area contributed by atoms with Crippen LogP contribution in [0.2, 0.25) is 0 Å².